The van der Waals surface area contributed by atoms with Crippen molar-refractivity contribution in [3.05, 3.63) is 18.2 Å². The second kappa shape index (κ2) is 8.50. The molecule has 1 aromatic carbocycles. The molecule has 1 heterocycles. The van der Waals surface area contributed by atoms with Gasteiger partial charge in [-0.05, 0) is 50.8 Å². The predicted octanol–water partition coefficient (Wildman–Crippen LogP) is 4.03. The lowest BCUT2D eigenvalue weighted by atomic mass is 9.92. The normalized spacial score (nSPS) is 16.7. The number of sulfonamides is 1. The summed E-state index contributed by atoms with van der Waals surface area (Å²) < 4.78 is 33.0. The van der Waals surface area contributed by atoms with Gasteiger partial charge in [-0.3, -0.25) is 9.52 Å². The Morgan fingerprint density at radius 1 is 1.30 bits per heavy atom. The van der Waals surface area contributed by atoms with Crippen molar-refractivity contribution in [3.8, 4) is 5.75 Å². The number of benzene rings is 1. The summed E-state index contributed by atoms with van der Waals surface area (Å²) in [6.45, 7) is 10.8. The fourth-order valence-corrected chi connectivity index (χ4v) is 4.14. The first-order valence-corrected chi connectivity index (χ1v) is 11.3. The quantitative estimate of drug-likeness (QED) is 0.720. The van der Waals surface area contributed by atoms with E-state index in [0.29, 0.717) is 42.6 Å². The topological polar surface area (TPSA) is 75.7 Å². The number of amides is 1. The van der Waals surface area contributed by atoms with Crippen LogP contribution in [0.1, 0.15) is 53.9 Å². The van der Waals surface area contributed by atoms with Gasteiger partial charge in [-0.15, -0.1) is 0 Å². The first kappa shape index (κ1) is 21.5. The Kier molecular flexibility index (Phi) is 6.78. The van der Waals surface area contributed by atoms with Crippen LogP contribution in [0.25, 0.3) is 0 Å². The summed E-state index contributed by atoms with van der Waals surface area (Å²) in [7, 11) is -3.41. The molecule has 0 radical (unpaired) electrons. The summed E-state index contributed by atoms with van der Waals surface area (Å²) in [6.07, 6.45) is 2.27. The van der Waals surface area contributed by atoms with Crippen molar-refractivity contribution in [1.82, 2.24) is 0 Å². The molecular weight excluding hydrogens is 364 g/mol. The third-order valence-electron chi connectivity index (χ3n) is 4.63. The number of carbonyl (C=O) groups is 1. The Balaban J connectivity index is 2.37. The van der Waals surface area contributed by atoms with Gasteiger partial charge in [0, 0.05) is 6.54 Å². The summed E-state index contributed by atoms with van der Waals surface area (Å²) >= 11 is 0. The molecule has 0 aromatic heterocycles. The van der Waals surface area contributed by atoms with Gasteiger partial charge in [0.2, 0.25) is 15.9 Å². The van der Waals surface area contributed by atoms with E-state index in [4.69, 9.17) is 4.74 Å². The SMILES string of the molecule is CCCCS(=O)(=O)Nc1ccc2c(c1)N(CCC(C)C)C(=O)C(C)(C)CO2. The number of fused-ring (bicyclic) bond motifs is 1. The van der Waals surface area contributed by atoms with Crippen molar-refractivity contribution in [2.75, 3.05) is 28.5 Å². The van der Waals surface area contributed by atoms with Crippen LogP contribution in [-0.2, 0) is 14.8 Å². The predicted molar refractivity (Wildman–Crippen MR) is 110 cm³/mol. The van der Waals surface area contributed by atoms with E-state index in [-0.39, 0.29) is 11.7 Å². The number of rotatable bonds is 8. The summed E-state index contributed by atoms with van der Waals surface area (Å²) in [5.41, 5.74) is 0.439. The average molecular weight is 397 g/mol. The van der Waals surface area contributed by atoms with Gasteiger partial charge in [0.25, 0.3) is 0 Å². The van der Waals surface area contributed by atoms with Crippen LogP contribution in [-0.4, -0.2) is 33.2 Å². The molecule has 1 aliphatic heterocycles. The molecule has 1 aliphatic rings. The third-order valence-corrected chi connectivity index (χ3v) is 6.01. The first-order valence-electron chi connectivity index (χ1n) is 9.65. The minimum Gasteiger partial charge on any atom is -0.490 e. The molecule has 1 amide bonds. The van der Waals surface area contributed by atoms with Gasteiger partial charge in [-0.2, -0.15) is 0 Å². The fraction of sp³-hybridized carbons (Fsp3) is 0.650. The van der Waals surface area contributed by atoms with Crippen LogP contribution in [0.15, 0.2) is 18.2 Å². The second-order valence-electron chi connectivity index (χ2n) is 8.27. The lowest BCUT2D eigenvalue weighted by Crippen LogP contribution is -2.42. The van der Waals surface area contributed by atoms with Gasteiger partial charge in [0.05, 0.1) is 22.5 Å². The average Bonchev–Trinajstić information content (AvgIpc) is 2.67. The van der Waals surface area contributed by atoms with E-state index in [0.717, 1.165) is 12.8 Å². The molecule has 0 bridgehead atoms. The molecule has 0 saturated heterocycles. The van der Waals surface area contributed by atoms with Gasteiger partial charge in [-0.25, -0.2) is 8.42 Å². The number of anilines is 2. The Labute approximate surface area is 163 Å². The second-order valence-corrected chi connectivity index (χ2v) is 10.1. The van der Waals surface area contributed by atoms with Gasteiger partial charge < -0.3 is 9.64 Å². The molecule has 0 saturated carbocycles. The minimum atomic E-state index is -3.41. The molecule has 27 heavy (non-hydrogen) atoms. The van der Waals surface area contributed by atoms with Crippen molar-refractivity contribution in [3.63, 3.8) is 0 Å². The maximum atomic E-state index is 13.1. The molecule has 0 spiro atoms. The Morgan fingerprint density at radius 2 is 2.00 bits per heavy atom. The lowest BCUT2D eigenvalue weighted by Gasteiger charge is -2.28. The van der Waals surface area contributed by atoms with Gasteiger partial charge in [0.1, 0.15) is 12.4 Å². The van der Waals surface area contributed by atoms with Crippen LogP contribution < -0.4 is 14.4 Å². The van der Waals surface area contributed by atoms with Crippen molar-refractivity contribution < 1.29 is 17.9 Å². The van der Waals surface area contributed by atoms with Crippen LogP contribution in [0, 0.1) is 11.3 Å². The molecule has 6 nitrogen and oxygen atoms in total. The maximum Gasteiger partial charge on any atom is 0.236 e. The number of hydrogen-bond donors (Lipinski definition) is 1. The number of hydrogen-bond acceptors (Lipinski definition) is 4. The highest BCUT2D eigenvalue weighted by molar-refractivity contribution is 7.92. The number of ether oxygens (including phenoxy) is 1. The molecule has 1 N–H and O–H groups in total. The molecule has 7 heteroatoms. The lowest BCUT2D eigenvalue weighted by molar-refractivity contribution is -0.127. The zero-order valence-corrected chi connectivity index (χ0v) is 17.9. The standard InChI is InChI=1S/C20H32N2O4S/c1-6-7-12-27(24,25)21-16-8-9-18-17(13-16)22(11-10-15(2)3)19(23)20(4,5)14-26-18/h8-9,13,15,21H,6-7,10-12,14H2,1-5H3. The Bertz CT molecular complexity index is 772. The first-order chi connectivity index (χ1) is 12.6. The number of nitrogens with one attached hydrogen (secondary N) is 1. The van der Waals surface area contributed by atoms with Gasteiger partial charge in [-0.1, -0.05) is 27.2 Å². The molecule has 0 unspecified atom stereocenters. The van der Waals surface area contributed by atoms with Crippen LogP contribution in [0.5, 0.6) is 5.75 Å². The van der Waals surface area contributed by atoms with Crippen LogP contribution in [0.2, 0.25) is 0 Å². The molecule has 2 rings (SSSR count). The van der Waals surface area contributed by atoms with Crippen molar-refractivity contribution in [1.29, 1.82) is 0 Å². The van der Waals surface area contributed by atoms with E-state index in [1.807, 2.05) is 20.8 Å². The summed E-state index contributed by atoms with van der Waals surface area (Å²) in [4.78, 5) is 14.8. The zero-order chi connectivity index (χ0) is 20.2. The Morgan fingerprint density at radius 3 is 2.63 bits per heavy atom. The number of unbranched alkanes of at least 4 members (excludes halogenated alkanes) is 1. The largest absolute Gasteiger partial charge is 0.490 e. The van der Waals surface area contributed by atoms with Gasteiger partial charge >= 0.3 is 0 Å². The van der Waals surface area contributed by atoms with E-state index in [9.17, 15) is 13.2 Å². The maximum absolute atomic E-state index is 13.1. The zero-order valence-electron chi connectivity index (χ0n) is 17.0. The van der Waals surface area contributed by atoms with E-state index in [2.05, 4.69) is 18.6 Å². The van der Waals surface area contributed by atoms with Crippen LogP contribution >= 0.6 is 0 Å². The van der Waals surface area contributed by atoms with Crippen molar-refractivity contribution in [2.45, 2.75) is 53.9 Å². The summed E-state index contributed by atoms with van der Waals surface area (Å²) in [5, 5.41) is 0. The molecule has 0 aliphatic carbocycles. The van der Waals surface area contributed by atoms with Crippen LogP contribution in [0.3, 0.4) is 0 Å². The number of carbonyl (C=O) groups excluding carboxylic acids is 1. The van der Waals surface area contributed by atoms with E-state index in [1.165, 1.54) is 0 Å². The van der Waals surface area contributed by atoms with Crippen LogP contribution in [0.4, 0.5) is 11.4 Å². The summed E-state index contributed by atoms with van der Waals surface area (Å²) in [6, 6.07) is 5.13. The Hall–Kier alpha value is -1.76. The highest BCUT2D eigenvalue weighted by Crippen LogP contribution is 2.38. The molecule has 1 aromatic rings. The third kappa shape index (κ3) is 5.61. The van der Waals surface area contributed by atoms with E-state index >= 15 is 0 Å². The number of nitrogens with zero attached hydrogens (tertiary/aromatic N) is 1. The highest BCUT2D eigenvalue weighted by atomic mass is 32.2. The summed E-state index contributed by atoms with van der Waals surface area (Å²) in [5.74, 6) is 1.13. The van der Waals surface area contributed by atoms with Crippen molar-refractivity contribution in [2.24, 2.45) is 11.3 Å². The van der Waals surface area contributed by atoms with E-state index < -0.39 is 15.4 Å². The molecule has 0 fully saturated rings. The monoisotopic (exact) mass is 396 g/mol. The smallest absolute Gasteiger partial charge is 0.236 e. The minimum absolute atomic E-state index is 0.00658. The molecule has 0 atom stereocenters. The van der Waals surface area contributed by atoms with Crippen molar-refractivity contribution >= 4 is 27.3 Å². The fourth-order valence-electron chi connectivity index (χ4n) is 2.88. The van der Waals surface area contributed by atoms with Gasteiger partial charge in [0.15, 0.2) is 0 Å². The molecule has 152 valence electrons. The van der Waals surface area contributed by atoms with E-state index in [1.54, 1.807) is 23.1 Å². The molecular formula is C20H32N2O4S. The highest BCUT2D eigenvalue weighted by Gasteiger charge is 2.37.